The van der Waals surface area contributed by atoms with E-state index in [0.29, 0.717) is 11.2 Å². The summed E-state index contributed by atoms with van der Waals surface area (Å²) in [7, 11) is 0. The van der Waals surface area contributed by atoms with Gasteiger partial charge in [-0.25, -0.2) is 0 Å². The third-order valence-electron chi connectivity index (χ3n) is 3.27. The third-order valence-corrected chi connectivity index (χ3v) is 3.27. The van der Waals surface area contributed by atoms with E-state index in [9.17, 15) is 0 Å². The number of aromatic hydroxyl groups is 1. The molecule has 0 saturated carbocycles. The van der Waals surface area contributed by atoms with Crippen LogP contribution in [-0.4, -0.2) is 5.11 Å². The molecule has 1 aromatic carbocycles. The van der Waals surface area contributed by atoms with E-state index in [1.165, 1.54) is 18.4 Å². The number of benzene rings is 1. The molecule has 0 unspecified atom stereocenters. The van der Waals surface area contributed by atoms with Gasteiger partial charge in [-0.05, 0) is 29.5 Å². The monoisotopic (exact) mass is 192 g/mol. The second-order valence-corrected chi connectivity index (χ2v) is 4.36. The smallest absolute Gasteiger partial charge is 0.115 e. The van der Waals surface area contributed by atoms with E-state index in [1.54, 1.807) is 12.1 Å². The van der Waals surface area contributed by atoms with Crippen molar-refractivity contribution in [2.24, 2.45) is 5.41 Å². The molecule has 0 bridgehead atoms. The van der Waals surface area contributed by atoms with Crippen LogP contribution in [0.25, 0.3) is 0 Å². The Labute approximate surface area is 86.8 Å². The van der Waals surface area contributed by atoms with Gasteiger partial charge in [0.05, 0.1) is 0 Å². The Hall–Kier alpha value is -0.980. The molecule has 1 heteroatoms. The van der Waals surface area contributed by atoms with E-state index in [1.807, 2.05) is 12.1 Å². The first-order chi connectivity index (χ1) is 6.59. The Morgan fingerprint density at radius 2 is 1.57 bits per heavy atom. The summed E-state index contributed by atoms with van der Waals surface area (Å²) in [6, 6.07) is 7.56. The molecule has 1 aromatic rings. The fraction of sp³-hybridized carbons (Fsp3) is 0.538. The summed E-state index contributed by atoms with van der Waals surface area (Å²) in [5.74, 6) is 0.350. The van der Waals surface area contributed by atoms with Crippen LogP contribution in [0.15, 0.2) is 24.3 Å². The van der Waals surface area contributed by atoms with Gasteiger partial charge in [0.15, 0.2) is 0 Å². The summed E-state index contributed by atoms with van der Waals surface area (Å²) in [5.41, 5.74) is 1.71. The number of hydrogen-bond acceptors (Lipinski definition) is 1. The Morgan fingerprint density at radius 3 is 2.00 bits per heavy atom. The maximum absolute atomic E-state index is 9.17. The highest BCUT2D eigenvalue weighted by Gasteiger charge is 2.19. The summed E-state index contributed by atoms with van der Waals surface area (Å²) in [6.45, 7) is 6.80. The maximum atomic E-state index is 9.17. The van der Waals surface area contributed by atoms with Crippen LogP contribution in [0, 0.1) is 5.41 Å². The molecule has 0 aliphatic rings. The zero-order valence-electron chi connectivity index (χ0n) is 9.38. The fourth-order valence-corrected chi connectivity index (χ4v) is 1.61. The van der Waals surface area contributed by atoms with Gasteiger partial charge in [0.2, 0.25) is 0 Å². The van der Waals surface area contributed by atoms with Gasteiger partial charge < -0.3 is 5.11 Å². The zero-order chi connectivity index (χ0) is 10.6. The van der Waals surface area contributed by atoms with Crippen molar-refractivity contribution in [1.82, 2.24) is 0 Å². The molecule has 1 rings (SSSR count). The van der Waals surface area contributed by atoms with Crippen LogP contribution >= 0.6 is 0 Å². The summed E-state index contributed by atoms with van der Waals surface area (Å²) >= 11 is 0. The van der Waals surface area contributed by atoms with Crippen LogP contribution in [0.2, 0.25) is 0 Å². The minimum atomic E-state index is 0.350. The molecular weight excluding hydrogens is 172 g/mol. The molecule has 1 nitrogen and oxygen atoms in total. The molecule has 0 atom stereocenters. The second-order valence-electron chi connectivity index (χ2n) is 4.36. The third kappa shape index (κ3) is 2.76. The maximum Gasteiger partial charge on any atom is 0.115 e. The average molecular weight is 192 g/mol. The Balaban J connectivity index is 2.72. The first-order valence-electron chi connectivity index (χ1n) is 5.37. The van der Waals surface area contributed by atoms with Gasteiger partial charge in [-0.15, -0.1) is 0 Å². The number of hydrogen-bond donors (Lipinski definition) is 1. The lowest BCUT2D eigenvalue weighted by molar-refractivity contribution is 0.296. The first kappa shape index (κ1) is 11.1. The molecule has 78 valence electrons. The summed E-state index contributed by atoms with van der Waals surface area (Å²) in [6.07, 6.45) is 3.50. The van der Waals surface area contributed by atoms with Crippen molar-refractivity contribution in [3.05, 3.63) is 29.8 Å². The summed E-state index contributed by atoms with van der Waals surface area (Å²) < 4.78 is 0. The van der Waals surface area contributed by atoms with Crippen molar-refractivity contribution in [2.45, 2.75) is 40.0 Å². The van der Waals surface area contributed by atoms with Crippen molar-refractivity contribution in [3.8, 4) is 5.75 Å². The largest absolute Gasteiger partial charge is 0.508 e. The Bertz CT molecular complexity index is 270. The van der Waals surface area contributed by atoms with Gasteiger partial charge in [0.1, 0.15) is 5.75 Å². The van der Waals surface area contributed by atoms with Crippen molar-refractivity contribution in [3.63, 3.8) is 0 Å². The highest BCUT2D eigenvalue weighted by Crippen LogP contribution is 2.30. The van der Waals surface area contributed by atoms with Crippen LogP contribution in [0.4, 0.5) is 0 Å². The predicted octanol–water partition coefficient (Wildman–Crippen LogP) is 3.76. The highest BCUT2D eigenvalue weighted by atomic mass is 16.3. The van der Waals surface area contributed by atoms with E-state index in [0.717, 1.165) is 6.42 Å². The summed E-state index contributed by atoms with van der Waals surface area (Å²) in [5, 5.41) is 9.17. The lowest BCUT2D eigenvalue weighted by Crippen LogP contribution is -2.17. The molecule has 0 aromatic heterocycles. The van der Waals surface area contributed by atoms with E-state index >= 15 is 0 Å². The van der Waals surface area contributed by atoms with Gasteiger partial charge in [-0.1, -0.05) is 45.7 Å². The molecule has 0 radical (unpaired) electrons. The number of rotatable bonds is 4. The molecule has 0 aliphatic carbocycles. The van der Waals surface area contributed by atoms with Crippen LogP contribution in [0.3, 0.4) is 0 Å². The second kappa shape index (κ2) is 4.50. The molecular formula is C13H20O. The number of phenols is 1. The predicted molar refractivity (Wildman–Crippen MR) is 60.5 cm³/mol. The lowest BCUT2D eigenvalue weighted by atomic mass is 9.79. The van der Waals surface area contributed by atoms with Crippen LogP contribution in [-0.2, 0) is 6.42 Å². The Morgan fingerprint density at radius 1 is 1.07 bits per heavy atom. The van der Waals surface area contributed by atoms with Crippen LogP contribution < -0.4 is 0 Å². The van der Waals surface area contributed by atoms with Crippen molar-refractivity contribution >= 4 is 0 Å². The van der Waals surface area contributed by atoms with E-state index < -0.39 is 0 Å². The summed E-state index contributed by atoms with van der Waals surface area (Å²) in [4.78, 5) is 0. The molecule has 0 aliphatic heterocycles. The molecule has 0 spiro atoms. The molecule has 0 fully saturated rings. The van der Waals surface area contributed by atoms with Gasteiger partial charge >= 0.3 is 0 Å². The SMILES string of the molecule is CCC(C)(CC)Cc1ccc(O)cc1. The minimum absolute atomic E-state index is 0.350. The van der Waals surface area contributed by atoms with Crippen molar-refractivity contribution < 1.29 is 5.11 Å². The van der Waals surface area contributed by atoms with Crippen LogP contribution in [0.5, 0.6) is 5.75 Å². The number of phenolic OH excluding ortho intramolecular Hbond substituents is 1. The van der Waals surface area contributed by atoms with Gasteiger partial charge in [-0.3, -0.25) is 0 Å². The standard InChI is InChI=1S/C13H20O/c1-4-13(3,5-2)10-11-6-8-12(14)9-7-11/h6-9,14H,4-5,10H2,1-3H3. The van der Waals surface area contributed by atoms with Gasteiger partial charge in [-0.2, -0.15) is 0 Å². The Kier molecular flexibility index (Phi) is 3.56. The van der Waals surface area contributed by atoms with Gasteiger partial charge in [0.25, 0.3) is 0 Å². The van der Waals surface area contributed by atoms with E-state index in [4.69, 9.17) is 5.11 Å². The highest BCUT2D eigenvalue weighted by molar-refractivity contribution is 5.26. The van der Waals surface area contributed by atoms with E-state index in [-0.39, 0.29) is 0 Å². The average Bonchev–Trinajstić information content (AvgIpc) is 2.21. The molecule has 0 saturated heterocycles. The topological polar surface area (TPSA) is 20.2 Å². The fourth-order valence-electron chi connectivity index (χ4n) is 1.61. The van der Waals surface area contributed by atoms with Crippen molar-refractivity contribution in [1.29, 1.82) is 0 Å². The van der Waals surface area contributed by atoms with Gasteiger partial charge in [0, 0.05) is 0 Å². The molecule has 0 amide bonds. The zero-order valence-corrected chi connectivity index (χ0v) is 9.38. The quantitative estimate of drug-likeness (QED) is 0.770. The lowest BCUT2D eigenvalue weighted by Gasteiger charge is -2.26. The van der Waals surface area contributed by atoms with Crippen LogP contribution in [0.1, 0.15) is 39.2 Å². The molecule has 14 heavy (non-hydrogen) atoms. The normalized spacial score (nSPS) is 11.6. The van der Waals surface area contributed by atoms with E-state index in [2.05, 4.69) is 20.8 Å². The molecule has 1 N–H and O–H groups in total. The first-order valence-corrected chi connectivity index (χ1v) is 5.37. The molecule has 0 heterocycles. The minimum Gasteiger partial charge on any atom is -0.508 e. The van der Waals surface area contributed by atoms with Crippen molar-refractivity contribution in [2.75, 3.05) is 0 Å².